The topological polar surface area (TPSA) is 82.7 Å². The van der Waals surface area contributed by atoms with Crippen LogP contribution in [0.2, 0.25) is 0 Å². The number of aromatic amines is 1. The average molecular weight is 309 g/mol. The van der Waals surface area contributed by atoms with Crippen molar-refractivity contribution in [2.45, 2.75) is 13.8 Å². The standard InChI is InChI=1S/C17H19N5O/c1-11-10-14-16(19-9-8-18-12(2)23)21-15(22-17(14)20-11)13-6-4-3-5-7-13/h3-7,10H,8-9H2,1-2H3,(H,18,23)(H2,19,20,21,22). The summed E-state index contributed by atoms with van der Waals surface area (Å²) in [5.74, 6) is 1.40. The molecule has 118 valence electrons. The Kier molecular flexibility index (Phi) is 4.23. The first kappa shape index (κ1) is 15.0. The molecule has 3 N–H and O–H groups in total. The number of benzene rings is 1. The van der Waals surface area contributed by atoms with Crippen LogP contribution < -0.4 is 10.6 Å². The van der Waals surface area contributed by atoms with Crippen LogP contribution in [-0.2, 0) is 4.79 Å². The molecule has 1 amide bonds. The SMILES string of the molecule is CC(=O)NCCNc1nc(-c2ccccc2)nc2[nH]c(C)cc12. The Labute approximate surface area is 134 Å². The number of fused-ring (bicyclic) bond motifs is 1. The lowest BCUT2D eigenvalue weighted by atomic mass is 10.2. The van der Waals surface area contributed by atoms with Crippen LogP contribution in [0.3, 0.4) is 0 Å². The van der Waals surface area contributed by atoms with Crippen LogP contribution in [-0.4, -0.2) is 33.9 Å². The lowest BCUT2D eigenvalue weighted by molar-refractivity contribution is -0.118. The summed E-state index contributed by atoms with van der Waals surface area (Å²) in [5, 5.41) is 6.99. The third-order valence-electron chi connectivity index (χ3n) is 3.45. The summed E-state index contributed by atoms with van der Waals surface area (Å²) in [6, 6.07) is 11.9. The minimum atomic E-state index is -0.0397. The van der Waals surface area contributed by atoms with Gasteiger partial charge >= 0.3 is 0 Å². The molecule has 6 heteroatoms. The van der Waals surface area contributed by atoms with Gasteiger partial charge in [0.1, 0.15) is 11.5 Å². The zero-order valence-corrected chi connectivity index (χ0v) is 13.2. The smallest absolute Gasteiger partial charge is 0.216 e. The van der Waals surface area contributed by atoms with Gasteiger partial charge in [0.05, 0.1) is 5.39 Å². The van der Waals surface area contributed by atoms with E-state index in [-0.39, 0.29) is 5.91 Å². The van der Waals surface area contributed by atoms with E-state index in [9.17, 15) is 4.79 Å². The number of carbonyl (C=O) groups is 1. The minimum Gasteiger partial charge on any atom is -0.368 e. The molecule has 1 aromatic carbocycles. The highest BCUT2D eigenvalue weighted by Gasteiger charge is 2.11. The Bertz CT molecular complexity index is 826. The molecule has 0 bridgehead atoms. The number of hydrogen-bond donors (Lipinski definition) is 3. The Morgan fingerprint density at radius 1 is 1.17 bits per heavy atom. The van der Waals surface area contributed by atoms with Gasteiger partial charge in [0.2, 0.25) is 5.91 Å². The second-order valence-corrected chi connectivity index (χ2v) is 5.39. The Balaban J connectivity index is 1.92. The fourth-order valence-corrected chi connectivity index (χ4v) is 2.41. The van der Waals surface area contributed by atoms with Crippen molar-refractivity contribution in [3.8, 4) is 11.4 Å². The molecule has 3 aromatic rings. The molecule has 0 saturated carbocycles. The first-order valence-corrected chi connectivity index (χ1v) is 7.54. The predicted molar refractivity (Wildman–Crippen MR) is 91.2 cm³/mol. The van der Waals surface area contributed by atoms with Gasteiger partial charge in [-0.25, -0.2) is 9.97 Å². The highest BCUT2D eigenvalue weighted by molar-refractivity contribution is 5.89. The van der Waals surface area contributed by atoms with Crippen LogP contribution >= 0.6 is 0 Å². The van der Waals surface area contributed by atoms with Gasteiger partial charge in [-0.1, -0.05) is 30.3 Å². The summed E-state index contributed by atoms with van der Waals surface area (Å²) >= 11 is 0. The van der Waals surface area contributed by atoms with Crippen LogP contribution in [0.15, 0.2) is 36.4 Å². The number of nitrogens with zero attached hydrogens (tertiary/aromatic N) is 2. The maximum absolute atomic E-state index is 10.9. The molecule has 0 spiro atoms. The summed E-state index contributed by atoms with van der Waals surface area (Å²) in [4.78, 5) is 23.5. The summed E-state index contributed by atoms with van der Waals surface area (Å²) in [7, 11) is 0. The normalized spacial score (nSPS) is 10.7. The van der Waals surface area contributed by atoms with Gasteiger partial charge in [-0.15, -0.1) is 0 Å². The first-order valence-electron chi connectivity index (χ1n) is 7.54. The molecular formula is C17H19N5O. The van der Waals surface area contributed by atoms with Crippen molar-refractivity contribution < 1.29 is 4.79 Å². The second-order valence-electron chi connectivity index (χ2n) is 5.39. The summed E-state index contributed by atoms with van der Waals surface area (Å²) < 4.78 is 0. The molecule has 0 saturated heterocycles. The third-order valence-corrected chi connectivity index (χ3v) is 3.45. The highest BCUT2D eigenvalue weighted by atomic mass is 16.1. The van der Waals surface area contributed by atoms with Crippen molar-refractivity contribution >= 4 is 22.8 Å². The lowest BCUT2D eigenvalue weighted by Crippen LogP contribution is -2.26. The zero-order valence-electron chi connectivity index (χ0n) is 13.2. The van der Waals surface area contributed by atoms with Crippen LogP contribution in [0.1, 0.15) is 12.6 Å². The van der Waals surface area contributed by atoms with Crippen LogP contribution in [0.4, 0.5) is 5.82 Å². The molecule has 0 fully saturated rings. The van der Waals surface area contributed by atoms with Gasteiger partial charge < -0.3 is 15.6 Å². The number of H-pyrrole nitrogens is 1. The van der Waals surface area contributed by atoms with E-state index in [1.165, 1.54) is 6.92 Å². The van der Waals surface area contributed by atoms with Crippen molar-refractivity contribution in [3.63, 3.8) is 0 Å². The molecule has 6 nitrogen and oxygen atoms in total. The second kappa shape index (κ2) is 6.48. The van der Waals surface area contributed by atoms with E-state index in [0.29, 0.717) is 18.9 Å². The summed E-state index contributed by atoms with van der Waals surface area (Å²) in [5.41, 5.74) is 2.80. The van der Waals surface area contributed by atoms with E-state index in [4.69, 9.17) is 0 Å². The van der Waals surface area contributed by atoms with E-state index in [1.54, 1.807) is 0 Å². The molecule has 2 heterocycles. The summed E-state index contributed by atoms with van der Waals surface area (Å²) in [6.45, 7) is 4.64. The molecule has 0 aliphatic rings. The van der Waals surface area contributed by atoms with Crippen molar-refractivity contribution in [1.82, 2.24) is 20.3 Å². The number of hydrogen-bond acceptors (Lipinski definition) is 4. The van der Waals surface area contributed by atoms with Crippen LogP contribution in [0.25, 0.3) is 22.4 Å². The number of anilines is 1. The fourth-order valence-electron chi connectivity index (χ4n) is 2.41. The highest BCUT2D eigenvalue weighted by Crippen LogP contribution is 2.25. The molecule has 0 unspecified atom stereocenters. The molecule has 0 aliphatic carbocycles. The Hall–Kier alpha value is -2.89. The van der Waals surface area contributed by atoms with Crippen LogP contribution in [0.5, 0.6) is 0 Å². The van der Waals surface area contributed by atoms with Crippen LogP contribution in [0, 0.1) is 6.92 Å². The van der Waals surface area contributed by atoms with Gasteiger partial charge in [-0.3, -0.25) is 4.79 Å². The van der Waals surface area contributed by atoms with Gasteiger partial charge in [-0.05, 0) is 13.0 Å². The molecule has 0 radical (unpaired) electrons. The van der Waals surface area contributed by atoms with Crippen molar-refractivity contribution in [3.05, 3.63) is 42.1 Å². The number of rotatable bonds is 5. The van der Waals surface area contributed by atoms with Crippen molar-refractivity contribution in [2.24, 2.45) is 0 Å². The Morgan fingerprint density at radius 3 is 2.70 bits per heavy atom. The number of aryl methyl sites for hydroxylation is 1. The van der Waals surface area contributed by atoms with E-state index >= 15 is 0 Å². The lowest BCUT2D eigenvalue weighted by Gasteiger charge is -2.09. The Morgan fingerprint density at radius 2 is 1.96 bits per heavy atom. The molecule has 2 aromatic heterocycles. The molecule has 23 heavy (non-hydrogen) atoms. The average Bonchev–Trinajstić information content (AvgIpc) is 2.92. The monoisotopic (exact) mass is 309 g/mol. The number of carbonyl (C=O) groups excluding carboxylic acids is 1. The molecule has 3 rings (SSSR count). The van der Waals surface area contributed by atoms with E-state index in [2.05, 4.69) is 25.6 Å². The van der Waals surface area contributed by atoms with Gasteiger partial charge in [0, 0.05) is 31.3 Å². The first-order chi connectivity index (χ1) is 11.1. The maximum Gasteiger partial charge on any atom is 0.216 e. The van der Waals surface area contributed by atoms with E-state index < -0.39 is 0 Å². The van der Waals surface area contributed by atoms with E-state index in [1.807, 2.05) is 43.3 Å². The largest absolute Gasteiger partial charge is 0.368 e. The zero-order chi connectivity index (χ0) is 16.2. The fraction of sp³-hybridized carbons (Fsp3) is 0.235. The quantitative estimate of drug-likeness (QED) is 0.632. The number of aromatic nitrogens is 3. The third kappa shape index (κ3) is 3.48. The number of amides is 1. The predicted octanol–water partition coefficient (Wildman–Crippen LogP) is 2.48. The van der Waals surface area contributed by atoms with Gasteiger partial charge in [0.15, 0.2) is 5.82 Å². The van der Waals surface area contributed by atoms with Gasteiger partial charge in [0.25, 0.3) is 0 Å². The molecular weight excluding hydrogens is 290 g/mol. The molecule has 0 aliphatic heterocycles. The van der Waals surface area contributed by atoms with Crippen molar-refractivity contribution in [2.75, 3.05) is 18.4 Å². The van der Waals surface area contributed by atoms with Crippen molar-refractivity contribution in [1.29, 1.82) is 0 Å². The maximum atomic E-state index is 10.9. The van der Waals surface area contributed by atoms with Gasteiger partial charge in [-0.2, -0.15) is 0 Å². The minimum absolute atomic E-state index is 0.0397. The summed E-state index contributed by atoms with van der Waals surface area (Å²) in [6.07, 6.45) is 0. The van der Waals surface area contributed by atoms with E-state index in [0.717, 1.165) is 28.1 Å². The number of nitrogens with one attached hydrogen (secondary N) is 3. The molecule has 0 atom stereocenters.